The fourth-order valence-electron chi connectivity index (χ4n) is 2.81. The van der Waals surface area contributed by atoms with Gasteiger partial charge < -0.3 is 15.3 Å². The average Bonchev–Trinajstić information content (AvgIpc) is 2.77. The van der Waals surface area contributed by atoms with E-state index in [4.69, 9.17) is 4.74 Å². The summed E-state index contributed by atoms with van der Waals surface area (Å²) in [4.78, 5) is 0. The quantitative estimate of drug-likeness (QED) is 0.257. The fraction of sp³-hybridized carbons (Fsp3) is 0.174. The molecule has 1 atom stereocenters. The Morgan fingerprint density at radius 1 is 0.966 bits per heavy atom. The number of hydrazone groups is 1. The van der Waals surface area contributed by atoms with E-state index in [-0.39, 0.29) is 18.3 Å². The zero-order valence-corrected chi connectivity index (χ0v) is 16.5. The molecule has 0 saturated heterocycles. The second kappa shape index (κ2) is 10.0. The number of nitrogens with one attached hydrogen (secondary N) is 1. The normalized spacial score (nSPS) is 12.7. The maximum atomic E-state index is 9.89. The standard InChI is InChI=1S/C23H24N4O2/c1-17(20-13-7-9-15-22(20)29-2)25-27-23(18-10-4-3-5-11-18)26-24-16-19-12-6-8-14-21(19)28/h3-15,17,25,28H,16H2,1-2H3/b26-24?,27-23-. The van der Waals surface area contributed by atoms with Gasteiger partial charge in [0.2, 0.25) is 0 Å². The molecule has 0 aromatic heterocycles. The van der Waals surface area contributed by atoms with Gasteiger partial charge >= 0.3 is 0 Å². The number of azo groups is 1. The monoisotopic (exact) mass is 388 g/mol. The van der Waals surface area contributed by atoms with Gasteiger partial charge in [-0.2, -0.15) is 10.2 Å². The van der Waals surface area contributed by atoms with Crippen LogP contribution >= 0.6 is 0 Å². The van der Waals surface area contributed by atoms with E-state index < -0.39 is 0 Å². The molecule has 6 nitrogen and oxygen atoms in total. The number of rotatable bonds is 7. The predicted octanol–water partition coefficient (Wildman–Crippen LogP) is 5.07. The molecule has 0 radical (unpaired) electrons. The number of hydrogen-bond acceptors (Lipinski definition) is 5. The van der Waals surface area contributed by atoms with E-state index in [9.17, 15) is 5.11 Å². The summed E-state index contributed by atoms with van der Waals surface area (Å²) in [5.74, 6) is 1.46. The van der Waals surface area contributed by atoms with Crippen molar-refractivity contribution < 1.29 is 9.84 Å². The Kier molecular flexibility index (Phi) is 6.95. The Balaban J connectivity index is 1.80. The molecular weight excluding hydrogens is 364 g/mol. The molecule has 3 rings (SSSR count). The number of phenols is 1. The lowest BCUT2D eigenvalue weighted by atomic mass is 10.1. The summed E-state index contributed by atoms with van der Waals surface area (Å²) in [6.45, 7) is 2.27. The summed E-state index contributed by atoms with van der Waals surface area (Å²) in [5, 5.41) is 22.9. The number of hydrogen-bond donors (Lipinski definition) is 2. The van der Waals surface area contributed by atoms with Crippen molar-refractivity contribution in [2.75, 3.05) is 7.11 Å². The van der Waals surface area contributed by atoms with Crippen molar-refractivity contribution in [2.45, 2.75) is 19.5 Å². The van der Waals surface area contributed by atoms with Crippen LogP contribution in [0.15, 0.2) is 94.2 Å². The first-order chi connectivity index (χ1) is 14.2. The van der Waals surface area contributed by atoms with Crippen LogP contribution in [0.4, 0.5) is 0 Å². The summed E-state index contributed by atoms with van der Waals surface area (Å²) >= 11 is 0. The smallest absolute Gasteiger partial charge is 0.200 e. The number of ether oxygens (including phenoxy) is 1. The minimum atomic E-state index is -0.0850. The molecule has 0 heterocycles. The molecule has 0 saturated carbocycles. The van der Waals surface area contributed by atoms with Crippen molar-refractivity contribution in [3.63, 3.8) is 0 Å². The van der Waals surface area contributed by atoms with Crippen LogP contribution < -0.4 is 10.2 Å². The van der Waals surface area contributed by atoms with Gasteiger partial charge in [-0.05, 0) is 19.1 Å². The minimum absolute atomic E-state index is 0.0850. The SMILES string of the molecule is COc1ccccc1C(C)N/N=C(\N=NCc1ccccc1O)c1ccccc1. The molecule has 29 heavy (non-hydrogen) atoms. The van der Waals surface area contributed by atoms with Crippen molar-refractivity contribution in [2.24, 2.45) is 15.3 Å². The fourth-order valence-corrected chi connectivity index (χ4v) is 2.81. The molecule has 0 amide bonds. The maximum Gasteiger partial charge on any atom is 0.200 e. The molecule has 0 spiro atoms. The Labute approximate surface area is 170 Å². The van der Waals surface area contributed by atoms with E-state index >= 15 is 0 Å². The Hall–Kier alpha value is -3.67. The second-order valence-corrected chi connectivity index (χ2v) is 6.42. The molecule has 2 N–H and O–H groups in total. The highest BCUT2D eigenvalue weighted by Gasteiger charge is 2.11. The molecular formula is C23H24N4O2. The van der Waals surface area contributed by atoms with Crippen LogP contribution in [-0.2, 0) is 6.54 Å². The first kappa shape index (κ1) is 20.1. The average molecular weight is 388 g/mol. The van der Waals surface area contributed by atoms with Crippen molar-refractivity contribution in [3.05, 3.63) is 95.6 Å². The van der Waals surface area contributed by atoms with E-state index in [1.807, 2.05) is 73.7 Å². The molecule has 3 aromatic rings. The number of benzene rings is 3. The van der Waals surface area contributed by atoms with E-state index in [2.05, 4.69) is 20.8 Å². The zero-order valence-electron chi connectivity index (χ0n) is 16.5. The molecule has 148 valence electrons. The number of aromatic hydroxyl groups is 1. The van der Waals surface area contributed by atoms with Gasteiger partial charge in [0, 0.05) is 16.7 Å². The van der Waals surface area contributed by atoms with Gasteiger partial charge in [0.15, 0.2) is 5.84 Å². The molecule has 6 heteroatoms. The first-order valence-corrected chi connectivity index (χ1v) is 9.35. The van der Waals surface area contributed by atoms with Crippen LogP contribution in [0.3, 0.4) is 0 Å². The number of amidine groups is 1. The van der Waals surface area contributed by atoms with Gasteiger partial charge in [-0.15, -0.1) is 5.11 Å². The van der Waals surface area contributed by atoms with Crippen LogP contribution in [0.1, 0.15) is 29.7 Å². The third-order valence-electron chi connectivity index (χ3n) is 4.40. The van der Waals surface area contributed by atoms with Gasteiger partial charge in [0.1, 0.15) is 11.5 Å². The Morgan fingerprint density at radius 3 is 2.41 bits per heavy atom. The first-order valence-electron chi connectivity index (χ1n) is 9.35. The predicted molar refractivity (Wildman–Crippen MR) is 114 cm³/mol. The van der Waals surface area contributed by atoms with Gasteiger partial charge in [0.05, 0.1) is 19.7 Å². The second-order valence-electron chi connectivity index (χ2n) is 6.42. The summed E-state index contributed by atoms with van der Waals surface area (Å²) in [6, 6.07) is 24.4. The lowest BCUT2D eigenvalue weighted by molar-refractivity contribution is 0.402. The summed E-state index contributed by atoms with van der Waals surface area (Å²) in [6.07, 6.45) is 0. The van der Waals surface area contributed by atoms with Gasteiger partial charge in [-0.3, -0.25) is 0 Å². The lowest BCUT2D eigenvalue weighted by Crippen LogP contribution is -2.15. The van der Waals surface area contributed by atoms with Crippen LogP contribution in [0.25, 0.3) is 0 Å². The minimum Gasteiger partial charge on any atom is -0.508 e. The highest BCUT2D eigenvalue weighted by Crippen LogP contribution is 2.24. The zero-order chi connectivity index (χ0) is 20.5. The summed E-state index contributed by atoms with van der Waals surface area (Å²) in [5.41, 5.74) is 5.68. The van der Waals surface area contributed by atoms with Crippen LogP contribution in [-0.4, -0.2) is 18.1 Å². The molecule has 0 fully saturated rings. The molecule has 1 unspecified atom stereocenters. The van der Waals surface area contributed by atoms with Gasteiger partial charge in [-0.25, -0.2) is 0 Å². The van der Waals surface area contributed by atoms with Crippen LogP contribution in [0.2, 0.25) is 0 Å². The number of methoxy groups -OCH3 is 1. The van der Waals surface area contributed by atoms with Crippen molar-refractivity contribution in [3.8, 4) is 11.5 Å². The van der Waals surface area contributed by atoms with Crippen molar-refractivity contribution >= 4 is 5.84 Å². The number of nitrogens with zero attached hydrogens (tertiary/aromatic N) is 3. The van der Waals surface area contributed by atoms with Gasteiger partial charge in [0.25, 0.3) is 0 Å². The molecule has 0 aliphatic rings. The highest BCUT2D eigenvalue weighted by molar-refractivity contribution is 5.98. The molecule has 0 aliphatic carbocycles. The topological polar surface area (TPSA) is 78.6 Å². The number of para-hydroxylation sites is 2. The lowest BCUT2D eigenvalue weighted by Gasteiger charge is -2.15. The van der Waals surface area contributed by atoms with E-state index in [1.54, 1.807) is 19.2 Å². The molecule has 3 aromatic carbocycles. The van der Waals surface area contributed by atoms with Crippen molar-refractivity contribution in [1.82, 2.24) is 5.43 Å². The Morgan fingerprint density at radius 2 is 1.66 bits per heavy atom. The molecule has 0 bridgehead atoms. The highest BCUT2D eigenvalue weighted by atomic mass is 16.5. The van der Waals surface area contributed by atoms with E-state index in [1.165, 1.54) is 0 Å². The molecule has 0 aliphatic heterocycles. The summed E-state index contributed by atoms with van der Waals surface area (Å²) < 4.78 is 5.43. The van der Waals surface area contributed by atoms with Crippen LogP contribution in [0.5, 0.6) is 11.5 Å². The van der Waals surface area contributed by atoms with Crippen LogP contribution in [0, 0.1) is 0 Å². The Bertz CT molecular complexity index is 987. The third-order valence-corrected chi connectivity index (χ3v) is 4.40. The maximum absolute atomic E-state index is 9.89. The van der Waals surface area contributed by atoms with E-state index in [0.717, 1.165) is 16.9 Å². The number of phenolic OH excluding ortho intramolecular Hbond substituents is 1. The van der Waals surface area contributed by atoms with E-state index in [0.29, 0.717) is 11.4 Å². The summed E-state index contributed by atoms with van der Waals surface area (Å²) in [7, 11) is 1.65. The third kappa shape index (κ3) is 5.42. The largest absolute Gasteiger partial charge is 0.508 e. The van der Waals surface area contributed by atoms with Crippen molar-refractivity contribution in [1.29, 1.82) is 0 Å². The van der Waals surface area contributed by atoms with Gasteiger partial charge in [-0.1, -0.05) is 66.7 Å².